The van der Waals surface area contributed by atoms with Crippen LogP contribution in [0.3, 0.4) is 0 Å². The summed E-state index contributed by atoms with van der Waals surface area (Å²) in [6, 6.07) is 19.4. The molecule has 0 bridgehead atoms. The lowest BCUT2D eigenvalue weighted by molar-refractivity contribution is 0.0498. The van der Waals surface area contributed by atoms with E-state index in [0.717, 1.165) is 12.8 Å². The maximum Gasteiger partial charge on any atom is 0.379 e. The second-order valence-corrected chi connectivity index (χ2v) is 6.53. The first-order valence-electron chi connectivity index (χ1n) is 8.40. The molecule has 1 heterocycles. The summed E-state index contributed by atoms with van der Waals surface area (Å²) >= 11 is 3.13. The topological polar surface area (TPSA) is 65.7 Å². The molecule has 0 amide bonds. The molecule has 0 N–H and O–H groups in total. The molecular formula is C21H17BrO5. The SMILES string of the molecule is O=C(OCCCc1ccccc1)c1cccc(OC(=O)c2ccc(Br)o2)c1. The van der Waals surface area contributed by atoms with Crippen molar-refractivity contribution < 1.29 is 23.5 Å². The first-order chi connectivity index (χ1) is 13.1. The van der Waals surface area contributed by atoms with Crippen molar-refractivity contribution in [2.24, 2.45) is 0 Å². The Hall–Kier alpha value is -2.86. The molecule has 0 saturated carbocycles. The Balaban J connectivity index is 1.51. The van der Waals surface area contributed by atoms with Gasteiger partial charge in [0.25, 0.3) is 0 Å². The van der Waals surface area contributed by atoms with Crippen LogP contribution in [0.2, 0.25) is 0 Å². The van der Waals surface area contributed by atoms with Gasteiger partial charge in [0.2, 0.25) is 5.76 Å². The number of carbonyl (C=O) groups excluding carboxylic acids is 2. The van der Waals surface area contributed by atoms with Crippen LogP contribution in [0.15, 0.2) is 75.8 Å². The zero-order valence-electron chi connectivity index (χ0n) is 14.4. The number of rotatable bonds is 7. The van der Waals surface area contributed by atoms with E-state index in [-0.39, 0.29) is 11.5 Å². The summed E-state index contributed by atoms with van der Waals surface area (Å²) in [5.74, 6) is -0.794. The van der Waals surface area contributed by atoms with Crippen LogP contribution in [-0.2, 0) is 11.2 Å². The fraction of sp³-hybridized carbons (Fsp3) is 0.143. The molecule has 0 fully saturated rings. The highest BCUT2D eigenvalue weighted by Gasteiger charge is 2.15. The van der Waals surface area contributed by atoms with Gasteiger partial charge in [-0.25, -0.2) is 9.59 Å². The van der Waals surface area contributed by atoms with Crippen molar-refractivity contribution in [3.8, 4) is 5.75 Å². The van der Waals surface area contributed by atoms with Crippen LogP contribution in [0.1, 0.15) is 32.9 Å². The molecule has 0 aliphatic heterocycles. The number of carbonyl (C=O) groups is 2. The molecule has 3 rings (SSSR count). The van der Waals surface area contributed by atoms with Gasteiger partial charge in [0, 0.05) is 0 Å². The molecular weight excluding hydrogens is 412 g/mol. The average molecular weight is 429 g/mol. The first-order valence-corrected chi connectivity index (χ1v) is 9.20. The Kier molecular flexibility index (Phi) is 6.44. The maximum absolute atomic E-state index is 12.2. The minimum absolute atomic E-state index is 0.0655. The van der Waals surface area contributed by atoms with Gasteiger partial charge in [0.15, 0.2) is 4.67 Å². The molecule has 0 spiro atoms. The highest BCUT2D eigenvalue weighted by molar-refractivity contribution is 9.10. The largest absolute Gasteiger partial charge is 0.462 e. The van der Waals surface area contributed by atoms with Crippen molar-refractivity contribution in [1.29, 1.82) is 0 Å². The summed E-state index contributed by atoms with van der Waals surface area (Å²) < 4.78 is 16.1. The third kappa shape index (κ3) is 5.56. The van der Waals surface area contributed by atoms with Crippen LogP contribution in [0.4, 0.5) is 0 Å². The van der Waals surface area contributed by atoms with Gasteiger partial charge in [-0.15, -0.1) is 0 Å². The lowest BCUT2D eigenvalue weighted by Gasteiger charge is -2.07. The summed E-state index contributed by atoms with van der Waals surface area (Å²) in [4.78, 5) is 24.2. The van der Waals surface area contributed by atoms with E-state index in [4.69, 9.17) is 13.9 Å². The zero-order valence-corrected chi connectivity index (χ0v) is 16.0. The maximum atomic E-state index is 12.2. The summed E-state index contributed by atoms with van der Waals surface area (Å²) in [6.45, 7) is 0.318. The Bertz CT molecular complexity index is 917. The van der Waals surface area contributed by atoms with E-state index in [9.17, 15) is 9.59 Å². The number of benzene rings is 2. The van der Waals surface area contributed by atoms with E-state index < -0.39 is 11.9 Å². The Morgan fingerprint density at radius 1 is 0.926 bits per heavy atom. The molecule has 1 aromatic heterocycles. The summed E-state index contributed by atoms with van der Waals surface area (Å²) in [5.41, 5.74) is 1.52. The van der Waals surface area contributed by atoms with Crippen molar-refractivity contribution >= 4 is 27.9 Å². The Morgan fingerprint density at radius 2 is 1.74 bits per heavy atom. The number of furan rings is 1. The van der Waals surface area contributed by atoms with Gasteiger partial charge in [0.05, 0.1) is 12.2 Å². The lowest BCUT2D eigenvalue weighted by Crippen LogP contribution is -2.10. The number of aryl methyl sites for hydroxylation is 1. The number of hydrogen-bond acceptors (Lipinski definition) is 5. The van der Waals surface area contributed by atoms with Crippen LogP contribution in [0.25, 0.3) is 0 Å². The fourth-order valence-electron chi connectivity index (χ4n) is 2.44. The van der Waals surface area contributed by atoms with E-state index in [2.05, 4.69) is 15.9 Å². The standard InChI is InChI=1S/C21H17BrO5/c22-19-12-11-18(27-19)21(24)26-17-10-4-9-16(14-17)20(23)25-13-5-8-15-6-2-1-3-7-15/h1-4,6-7,9-12,14H,5,8,13H2. The van der Waals surface area contributed by atoms with Gasteiger partial charge < -0.3 is 13.9 Å². The van der Waals surface area contributed by atoms with Crippen molar-refractivity contribution in [3.63, 3.8) is 0 Å². The van der Waals surface area contributed by atoms with Crippen molar-refractivity contribution in [3.05, 3.63) is 88.3 Å². The molecule has 0 radical (unpaired) electrons. The van der Waals surface area contributed by atoms with Crippen LogP contribution < -0.4 is 4.74 Å². The predicted molar refractivity (Wildman–Crippen MR) is 103 cm³/mol. The van der Waals surface area contributed by atoms with Crippen LogP contribution >= 0.6 is 15.9 Å². The number of halogens is 1. The second kappa shape index (κ2) is 9.19. The van der Waals surface area contributed by atoms with Crippen LogP contribution in [0, 0.1) is 0 Å². The molecule has 3 aromatic rings. The van der Waals surface area contributed by atoms with Crippen LogP contribution in [0.5, 0.6) is 5.75 Å². The fourth-order valence-corrected chi connectivity index (χ4v) is 2.74. The molecule has 5 nitrogen and oxygen atoms in total. The van der Waals surface area contributed by atoms with Gasteiger partial charge in [0.1, 0.15) is 5.75 Å². The smallest absolute Gasteiger partial charge is 0.379 e. The normalized spacial score (nSPS) is 10.4. The summed E-state index contributed by atoms with van der Waals surface area (Å²) in [7, 11) is 0. The highest BCUT2D eigenvalue weighted by Crippen LogP contribution is 2.19. The van der Waals surface area contributed by atoms with Gasteiger partial charge in [-0.2, -0.15) is 0 Å². The molecule has 0 aliphatic carbocycles. The highest BCUT2D eigenvalue weighted by atomic mass is 79.9. The summed E-state index contributed by atoms with van der Waals surface area (Å²) in [5, 5.41) is 0. The van der Waals surface area contributed by atoms with E-state index >= 15 is 0 Å². The van der Waals surface area contributed by atoms with E-state index in [0.29, 0.717) is 16.8 Å². The first kappa shape index (κ1) is 18.9. The molecule has 6 heteroatoms. The van der Waals surface area contributed by atoms with Gasteiger partial charge >= 0.3 is 11.9 Å². The molecule has 27 heavy (non-hydrogen) atoms. The Labute approximate surface area is 165 Å². The third-order valence-electron chi connectivity index (χ3n) is 3.74. The van der Waals surface area contributed by atoms with Crippen LogP contribution in [-0.4, -0.2) is 18.5 Å². The van der Waals surface area contributed by atoms with Crippen molar-refractivity contribution in [1.82, 2.24) is 0 Å². The minimum Gasteiger partial charge on any atom is -0.462 e. The van der Waals surface area contributed by atoms with Gasteiger partial charge in [-0.1, -0.05) is 36.4 Å². The van der Waals surface area contributed by atoms with Gasteiger partial charge in [-0.05, 0) is 64.7 Å². The van der Waals surface area contributed by atoms with Gasteiger partial charge in [-0.3, -0.25) is 0 Å². The number of esters is 2. The molecule has 0 unspecified atom stereocenters. The van der Waals surface area contributed by atoms with Crippen molar-refractivity contribution in [2.45, 2.75) is 12.8 Å². The third-order valence-corrected chi connectivity index (χ3v) is 4.17. The quantitative estimate of drug-likeness (QED) is 0.299. The number of ether oxygens (including phenoxy) is 2. The minimum atomic E-state index is -0.644. The summed E-state index contributed by atoms with van der Waals surface area (Å²) in [6.07, 6.45) is 1.57. The predicted octanol–water partition coefficient (Wildman–Crippen LogP) is 5.05. The number of hydrogen-bond donors (Lipinski definition) is 0. The molecule has 138 valence electrons. The lowest BCUT2D eigenvalue weighted by atomic mass is 10.1. The van der Waals surface area contributed by atoms with E-state index in [1.54, 1.807) is 24.3 Å². The monoisotopic (exact) mass is 428 g/mol. The Morgan fingerprint density at radius 3 is 2.48 bits per heavy atom. The van der Waals surface area contributed by atoms with E-state index in [1.807, 2.05) is 30.3 Å². The van der Waals surface area contributed by atoms with Crippen molar-refractivity contribution in [2.75, 3.05) is 6.61 Å². The molecule has 0 saturated heterocycles. The second-order valence-electron chi connectivity index (χ2n) is 5.75. The zero-order chi connectivity index (χ0) is 19.1. The molecule has 2 aromatic carbocycles. The van der Waals surface area contributed by atoms with E-state index in [1.165, 1.54) is 17.7 Å². The molecule has 0 atom stereocenters. The average Bonchev–Trinajstić information content (AvgIpc) is 3.13. The molecule has 0 aliphatic rings.